The van der Waals surface area contributed by atoms with Crippen LogP contribution in [0.2, 0.25) is 0 Å². The van der Waals surface area contributed by atoms with E-state index in [1.807, 2.05) is 0 Å². The van der Waals surface area contributed by atoms with Crippen molar-refractivity contribution < 1.29 is 38.2 Å². The average molecular weight is 788 g/mol. The Bertz CT molecular complexity index is 1060. The smallest absolute Gasteiger partial charge is 0.306 e. The number of hydrogen-bond donors (Lipinski definition) is 0. The van der Waals surface area contributed by atoms with Crippen LogP contribution >= 0.6 is 0 Å². The SMILES string of the molecule is CCCCC/C=C/C=C/CCCCCCCCC(=O)OC(COCCC(C(=O)[O-])[N+](C)(C)C)COC(=O)CCCCCCCCC/C=C/C/C=C/CCCCC. The number of carbonyl (C=O) groups is 3. The molecule has 2 unspecified atom stereocenters. The molecule has 0 heterocycles. The summed E-state index contributed by atoms with van der Waals surface area (Å²) in [7, 11) is 5.40. The Morgan fingerprint density at radius 1 is 0.554 bits per heavy atom. The quantitative estimate of drug-likeness (QED) is 0.0200. The van der Waals surface area contributed by atoms with Gasteiger partial charge in [-0.2, -0.15) is 0 Å². The highest BCUT2D eigenvalue weighted by Crippen LogP contribution is 2.13. The van der Waals surface area contributed by atoms with Crippen LogP contribution in [-0.2, 0) is 28.6 Å². The van der Waals surface area contributed by atoms with Crippen LogP contribution in [0, 0.1) is 0 Å². The standard InChI is InChI=1S/C48H85NO7/c1-6-8-10-12-14-16-18-20-22-23-25-26-28-30-32-34-36-38-46(50)55-43-44(42-54-41-40-45(48(52)53)49(3,4)5)56-47(51)39-37-35-33-31-29-27-24-21-19-17-15-13-11-9-7-2/h14-17,19-22,44-45H,6-13,18,23-43H2,1-5H3/b16-14+,17-15+,21-19+,22-20+. The summed E-state index contributed by atoms with van der Waals surface area (Å²) in [5.74, 6) is -1.76. The van der Waals surface area contributed by atoms with E-state index in [-0.39, 0.29) is 42.7 Å². The van der Waals surface area contributed by atoms with Gasteiger partial charge in [0, 0.05) is 19.3 Å². The number of unbranched alkanes of at least 4 members (excludes halogenated alkanes) is 19. The molecule has 0 aliphatic rings. The van der Waals surface area contributed by atoms with Crippen LogP contribution in [0.4, 0.5) is 0 Å². The van der Waals surface area contributed by atoms with E-state index in [1.165, 1.54) is 83.5 Å². The number of aliphatic carboxylic acids is 1. The van der Waals surface area contributed by atoms with Gasteiger partial charge in [-0.1, -0.05) is 146 Å². The first-order chi connectivity index (χ1) is 27.1. The number of hydrogen-bond acceptors (Lipinski definition) is 7. The van der Waals surface area contributed by atoms with Crippen molar-refractivity contribution in [3.05, 3.63) is 48.6 Å². The summed E-state index contributed by atoms with van der Waals surface area (Å²) in [6, 6.07) is -0.730. The number of carbonyl (C=O) groups excluding carboxylic acids is 3. The van der Waals surface area contributed by atoms with E-state index in [0.29, 0.717) is 12.8 Å². The minimum Gasteiger partial charge on any atom is -0.544 e. The number of carboxylic acids is 1. The molecule has 0 radical (unpaired) electrons. The fraction of sp³-hybridized carbons (Fsp3) is 0.771. The van der Waals surface area contributed by atoms with E-state index in [0.717, 1.165) is 70.6 Å². The lowest BCUT2D eigenvalue weighted by atomic mass is 10.1. The van der Waals surface area contributed by atoms with E-state index in [2.05, 4.69) is 62.5 Å². The molecule has 0 bridgehead atoms. The second-order valence-electron chi connectivity index (χ2n) is 16.3. The van der Waals surface area contributed by atoms with Crippen molar-refractivity contribution in [3.8, 4) is 0 Å². The summed E-state index contributed by atoms with van der Waals surface area (Å²) >= 11 is 0. The van der Waals surface area contributed by atoms with E-state index >= 15 is 0 Å². The van der Waals surface area contributed by atoms with Crippen molar-refractivity contribution in [3.63, 3.8) is 0 Å². The average Bonchev–Trinajstić information content (AvgIpc) is 3.15. The fourth-order valence-corrected chi connectivity index (χ4v) is 6.38. The van der Waals surface area contributed by atoms with E-state index in [4.69, 9.17) is 14.2 Å². The Kier molecular flexibility index (Phi) is 37.2. The first-order valence-corrected chi connectivity index (χ1v) is 22.7. The molecular weight excluding hydrogens is 703 g/mol. The zero-order valence-corrected chi connectivity index (χ0v) is 36.8. The molecule has 0 rings (SSSR count). The van der Waals surface area contributed by atoms with Crippen molar-refractivity contribution >= 4 is 17.9 Å². The minimum absolute atomic E-state index is 0.0327. The molecule has 2 atom stereocenters. The van der Waals surface area contributed by atoms with Gasteiger partial charge in [0.25, 0.3) is 0 Å². The van der Waals surface area contributed by atoms with Gasteiger partial charge in [0.05, 0.1) is 40.3 Å². The van der Waals surface area contributed by atoms with Crippen LogP contribution in [0.5, 0.6) is 0 Å². The second kappa shape index (κ2) is 39.1. The maximum absolute atomic E-state index is 12.7. The maximum Gasteiger partial charge on any atom is 0.306 e. The molecule has 0 aliphatic heterocycles. The highest BCUT2D eigenvalue weighted by Gasteiger charge is 2.25. The normalized spacial score (nSPS) is 13.4. The van der Waals surface area contributed by atoms with E-state index in [9.17, 15) is 19.5 Å². The van der Waals surface area contributed by atoms with Gasteiger partial charge in [0.1, 0.15) is 12.6 Å². The van der Waals surface area contributed by atoms with Gasteiger partial charge in [-0.25, -0.2) is 0 Å². The molecule has 0 saturated heterocycles. The van der Waals surface area contributed by atoms with Gasteiger partial charge < -0.3 is 28.6 Å². The monoisotopic (exact) mass is 788 g/mol. The third-order valence-corrected chi connectivity index (χ3v) is 9.97. The molecule has 0 spiro atoms. The summed E-state index contributed by atoms with van der Waals surface area (Å²) < 4.78 is 17.2. The predicted octanol–water partition coefficient (Wildman–Crippen LogP) is 11.1. The highest BCUT2D eigenvalue weighted by molar-refractivity contribution is 5.70. The van der Waals surface area contributed by atoms with Gasteiger partial charge >= 0.3 is 11.9 Å². The number of carboxylic acid groups (broad SMARTS) is 1. The minimum atomic E-state index is -1.13. The molecule has 8 heteroatoms. The molecule has 0 N–H and O–H groups in total. The maximum atomic E-state index is 12.7. The van der Waals surface area contributed by atoms with Crippen LogP contribution in [0.3, 0.4) is 0 Å². The zero-order chi connectivity index (χ0) is 41.4. The summed E-state index contributed by atoms with van der Waals surface area (Å²) in [5.41, 5.74) is 0. The Morgan fingerprint density at radius 3 is 1.48 bits per heavy atom. The summed E-state index contributed by atoms with van der Waals surface area (Å²) in [5, 5.41) is 11.6. The molecule has 0 aromatic rings. The van der Waals surface area contributed by atoms with Gasteiger partial charge in [0.2, 0.25) is 0 Å². The molecule has 0 aromatic heterocycles. The number of ether oxygens (including phenoxy) is 3. The first-order valence-electron chi connectivity index (χ1n) is 22.7. The summed E-state index contributed by atoms with van der Waals surface area (Å²) in [4.78, 5) is 36.9. The van der Waals surface area contributed by atoms with Gasteiger partial charge in [-0.15, -0.1) is 0 Å². The Morgan fingerprint density at radius 2 is 1.00 bits per heavy atom. The van der Waals surface area contributed by atoms with E-state index in [1.54, 1.807) is 21.1 Å². The fourth-order valence-electron chi connectivity index (χ4n) is 6.38. The zero-order valence-electron chi connectivity index (χ0n) is 36.8. The van der Waals surface area contributed by atoms with Crippen molar-refractivity contribution in [1.82, 2.24) is 0 Å². The van der Waals surface area contributed by atoms with Gasteiger partial charge in [0.15, 0.2) is 6.10 Å². The number of esters is 2. The summed E-state index contributed by atoms with van der Waals surface area (Å²) in [6.45, 7) is 4.59. The van der Waals surface area contributed by atoms with Crippen molar-refractivity contribution in [2.24, 2.45) is 0 Å². The van der Waals surface area contributed by atoms with Crippen LogP contribution in [0.1, 0.15) is 187 Å². The molecule has 0 aromatic carbocycles. The number of quaternary nitrogens is 1. The third kappa shape index (κ3) is 36.9. The highest BCUT2D eigenvalue weighted by atomic mass is 16.6. The number of allylic oxidation sites excluding steroid dienone is 8. The molecule has 0 aliphatic carbocycles. The molecule has 0 amide bonds. The lowest BCUT2D eigenvalue weighted by Gasteiger charge is -2.34. The lowest BCUT2D eigenvalue weighted by molar-refractivity contribution is -0.889. The number of rotatable bonds is 40. The van der Waals surface area contributed by atoms with Crippen LogP contribution in [0.25, 0.3) is 0 Å². The van der Waals surface area contributed by atoms with Gasteiger partial charge in [-0.3, -0.25) is 9.59 Å². The first kappa shape index (κ1) is 53.3. The molecular formula is C48H85NO7. The van der Waals surface area contributed by atoms with Gasteiger partial charge in [-0.05, 0) is 70.6 Å². The molecule has 0 fully saturated rings. The Labute approximate surface area is 344 Å². The second-order valence-corrected chi connectivity index (χ2v) is 16.3. The molecule has 56 heavy (non-hydrogen) atoms. The van der Waals surface area contributed by atoms with Crippen molar-refractivity contribution in [1.29, 1.82) is 0 Å². The van der Waals surface area contributed by atoms with E-state index < -0.39 is 18.1 Å². The Hall–Kier alpha value is -2.71. The summed E-state index contributed by atoms with van der Waals surface area (Å²) in [6.07, 6.45) is 45.5. The van der Waals surface area contributed by atoms with Crippen LogP contribution in [-0.4, -0.2) is 75.5 Å². The van der Waals surface area contributed by atoms with Crippen LogP contribution in [0.15, 0.2) is 48.6 Å². The Balaban J connectivity index is 4.36. The molecule has 324 valence electrons. The van der Waals surface area contributed by atoms with Crippen molar-refractivity contribution in [2.45, 2.75) is 199 Å². The number of nitrogens with zero attached hydrogens (tertiary/aromatic N) is 1. The lowest BCUT2D eigenvalue weighted by Crippen LogP contribution is -2.55. The predicted molar refractivity (Wildman–Crippen MR) is 231 cm³/mol. The topological polar surface area (TPSA) is 102 Å². The van der Waals surface area contributed by atoms with Crippen molar-refractivity contribution in [2.75, 3.05) is 41.0 Å². The molecule has 8 nitrogen and oxygen atoms in total. The van der Waals surface area contributed by atoms with Crippen LogP contribution < -0.4 is 5.11 Å². The number of likely N-dealkylation sites (N-methyl/N-ethyl adjacent to an activating group) is 1. The largest absolute Gasteiger partial charge is 0.544 e. The molecule has 0 saturated carbocycles. The third-order valence-electron chi connectivity index (χ3n) is 9.97.